The summed E-state index contributed by atoms with van der Waals surface area (Å²) in [6.45, 7) is 7.56. The topological polar surface area (TPSA) is 101 Å². The number of carboxylic acid groups (broad SMARTS) is 1. The zero-order chi connectivity index (χ0) is 33.1. The number of carbonyl (C=O) groups excluding carboxylic acids is 2. The van der Waals surface area contributed by atoms with Crippen molar-refractivity contribution in [3.05, 3.63) is 131 Å². The van der Waals surface area contributed by atoms with E-state index in [2.05, 4.69) is 23.7 Å². The molecule has 0 saturated carbocycles. The fourth-order valence-electron chi connectivity index (χ4n) is 6.62. The first-order chi connectivity index (χ1) is 22.7. The van der Waals surface area contributed by atoms with E-state index in [0.29, 0.717) is 24.2 Å². The van der Waals surface area contributed by atoms with Gasteiger partial charge in [-0.1, -0.05) is 72.8 Å². The van der Waals surface area contributed by atoms with Gasteiger partial charge in [-0.3, -0.25) is 4.79 Å². The van der Waals surface area contributed by atoms with Crippen LogP contribution in [0.1, 0.15) is 62.9 Å². The third-order valence-electron chi connectivity index (χ3n) is 9.34. The third kappa shape index (κ3) is 6.63. The number of nitrogens with zero attached hydrogens (tertiary/aromatic N) is 2. The zero-order valence-corrected chi connectivity index (χ0v) is 26.9. The van der Waals surface area contributed by atoms with Crippen molar-refractivity contribution in [3.8, 4) is 11.1 Å². The maximum atomic E-state index is 13.5. The van der Waals surface area contributed by atoms with Gasteiger partial charge in [0.25, 0.3) is 5.91 Å². The molecule has 1 aliphatic heterocycles. The Kier molecular flexibility index (Phi) is 9.11. The van der Waals surface area contributed by atoms with Gasteiger partial charge in [-0.05, 0) is 85.7 Å². The van der Waals surface area contributed by atoms with Crippen LogP contribution in [0.2, 0.25) is 0 Å². The van der Waals surface area contributed by atoms with Crippen LogP contribution in [0.3, 0.4) is 0 Å². The van der Waals surface area contributed by atoms with E-state index in [0.717, 1.165) is 51.7 Å². The Bertz CT molecular complexity index is 1930. The number of hydrogen-bond donors (Lipinski definition) is 2. The summed E-state index contributed by atoms with van der Waals surface area (Å²) in [5.41, 5.74) is 7.67. The fraction of sp³-hybridized carbons (Fsp3) is 0.256. The maximum absolute atomic E-state index is 13.5. The predicted octanol–water partition coefficient (Wildman–Crippen LogP) is 7.59. The molecule has 2 amide bonds. The van der Waals surface area contributed by atoms with Crippen molar-refractivity contribution in [2.24, 2.45) is 0 Å². The molecule has 1 aromatic heterocycles. The molecule has 240 valence electrons. The number of nitrogens with one attached hydrogen (secondary N) is 1. The Morgan fingerprint density at radius 3 is 2.38 bits per heavy atom. The van der Waals surface area contributed by atoms with Gasteiger partial charge in [-0.15, -0.1) is 0 Å². The van der Waals surface area contributed by atoms with E-state index in [1.165, 1.54) is 0 Å². The fourth-order valence-corrected chi connectivity index (χ4v) is 6.62. The summed E-state index contributed by atoms with van der Waals surface area (Å²) in [6, 6.07) is 30.0. The lowest BCUT2D eigenvalue weighted by Gasteiger charge is -2.29. The van der Waals surface area contributed by atoms with Crippen LogP contribution >= 0.6 is 0 Å². The monoisotopic (exact) mass is 629 g/mol. The third-order valence-corrected chi connectivity index (χ3v) is 9.34. The number of likely N-dealkylation sites (tertiary alicyclic amines) is 1. The van der Waals surface area contributed by atoms with Crippen molar-refractivity contribution in [2.45, 2.75) is 58.8 Å². The molecule has 5 aromatic rings. The minimum atomic E-state index is -0.947. The average molecular weight is 630 g/mol. The number of ether oxygens (including phenoxy) is 1. The molecule has 0 bridgehead atoms. The number of hydrogen-bond acceptors (Lipinski definition) is 4. The first-order valence-corrected chi connectivity index (χ1v) is 16.0. The molecule has 8 heteroatoms. The standard InChI is InChI=1S/C39H39N3O5/c1-25-27(3)42(23-28-15-17-30(18-16-28)32-12-7-8-13-33(32)38(44)45)36-20-19-31(22-34(25)36)37(43)40-26(2)35-14-9-21-41(35)39(46)47-24-29-10-5-4-6-11-29/h4-8,10-13,15-20,22,26,35H,9,14,21,23-24H2,1-3H3,(H,40,43)(H,44,45)/t26-,35+/m0/s1. The van der Waals surface area contributed by atoms with E-state index in [1.807, 2.05) is 91.9 Å². The van der Waals surface area contributed by atoms with E-state index in [4.69, 9.17) is 4.74 Å². The lowest BCUT2D eigenvalue weighted by molar-refractivity contribution is 0.0697. The molecule has 6 rings (SSSR count). The molecule has 2 heterocycles. The molecular weight excluding hydrogens is 590 g/mol. The van der Waals surface area contributed by atoms with Crippen LogP contribution in [0.4, 0.5) is 4.79 Å². The van der Waals surface area contributed by atoms with Gasteiger partial charge in [0, 0.05) is 41.3 Å². The average Bonchev–Trinajstić information content (AvgIpc) is 3.68. The number of rotatable bonds is 9. The molecule has 8 nitrogen and oxygen atoms in total. The second kappa shape index (κ2) is 13.5. The molecule has 1 saturated heterocycles. The molecule has 0 aliphatic carbocycles. The molecule has 1 fully saturated rings. The van der Waals surface area contributed by atoms with Crippen LogP contribution < -0.4 is 5.32 Å². The molecular formula is C39H39N3O5. The number of amides is 2. The molecule has 47 heavy (non-hydrogen) atoms. The number of carbonyl (C=O) groups is 3. The summed E-state index contributed by atoms with van der Waals surface area (Å²) in [4.78, 5) is 39.8. The maximum Gasteiger partial charge on any atom is 0.410 e. The summed E-state index contributed by atoms with van der Waals surface area (Å²) in [5.74, 6) is -1.12. The van der Waals surface area contributed by atoms with E-state index < -0.39 is 5.97 Å². The summed E-state index contributed by atoms with van der Waals surface area (Å²) in [7, 11) is 0. The molecule has 1 aliphatic rings. The van der Waals surface area contributed by atoms with Gasteiger partial charge in [0.15, 0.2) is 0 Å². The lowest BCUT2D eigenvalue weighted by Crippen LogP contribution is -2.49. The van der Waals surface area contributed by atoms with Crippen LogP contribution in [-0.2, 0) is 17.9 Å². The smallest absolute Gasteiger partial charge is 0.410 e. The molecule has 2 atom stereocenters. The first-order valence-electron chi connectivity index (χ1n) is 16.0. The first kappa shape index (κ1) is 31.6. The quantitative estimate of drug-likeness (QED) is 0.175. The Balaban J connectivity index is 1.14. The van der Waals surface area contributed by atoms with Crippen molar-refractivity contribution in [1.29, 1.82) is 0 Å². The Morgan fingerprint density at radius 1 is 0.915 bits per heavy atom. The molecule has 0 unspecified atom stereocenters. The van der Waals surface area contributed by atoms with Crippen molar-refractivity contribution in [1.82, 2.24) is 14.8 Å². The highest BCUT2D eigenvalue weighted by molar-refractivity contribution is 5.99. The van der Waals surface area contributed by atoms with Crippen molar-refractivity contribution in [3.63, 3.8) is 0 Å². The van der Waals surface area contributed by atoms with Gasteiger partial charge in [-0.25, -0.2) is 9.59 Å². The van der Waals surface area contributed by atoms with Gasteiger partial charge in [-0.2, -0.15) is 0 Å². The Labute approximate surface area is 274 Å². The van der Waals surface area contributed by atoms with Crippen LogP contribution in [0.25, 0.3) is 22.0 Å². The minimum Gasteiger partial charge on any atom is -0.478 e. The highest BCUT2D eigenvalue weighted by atomic mass is 16.6. The van der Waals surface area contributed by atoms with Crippen LogP contribution in [0.5, 0.6) is 0 Å². The number of aromatic nitrogens is 1. The predicted molar refractivity (Wildman–Crippen MR) is 183 cm³/mol. The lowest BCUT2D eigenvalue weighted by atomic mass is 9.99. The highest BCUT2D eigenvalue weighted by Crippen LogP contribution is 2.29. The number of aryl methyl sites for hydroxylation is 1. The number of benzene rings is 4. The van der Waals surface area contributed by atoms with Gasteiger partial charge in [0.05, 0.1) is 11.6 Å². The number of aromatic carboxylic acids is 1. The summed E-state index contributed by atoms with van der Waals surface area (Å²) in [6.07, 6.45) is 1.31. The van der Waals surface area contributed by atoms with Gasteiger partial charge >= 0.3 is 12.1 Å². The van der Waals surface area contributed by atoms with E-state index >= 15 is 0 Å². The van der Waals surface area contributed by atoms with Gasteiger partial charge in [0.1, 0.15) is 6.61 Å². The van der Waals surface area contributed by atoms with Gasteiger partial charge in [0.2, 0.25) is 0 Å². The minimum absolute atomic E-state index is 0.139. The molecule has 2 N–H and O–H groups in total. The Hall–Kier alpha value is -5.37. The molecule has 4 aromatic carbocycles. The van der Waals surface area contributed by atoms with Crippen molar-refractivity contribution < 1.29 is 24.2 Å². The zero-order valence-electron chi connectivity index (χ0n) is 26.9. The molecule has 0 radical (unpaired) electrons. The largest absolute Gasteiger partial charge is 0.478 e. The molecule has 0 spiro atoms. The summed E-state index contributed by atoms with van der Waals surface area (Å²) < 4.78 is 7.83. The van der Waals surface area contributed by atoms with Gasteiger partial charge < -0.3 is 24.6 Å². The summed E-state index contributed by atoms with van der Waals surface area (Å²) in [5, 5.41) is 13.7. The van der Waals surface area contributed by atoms with Crippen LogP contribution in [-0.4, -0.2) is 51.2 Å². The second-order valence-corrected chi connectivity index (χ2v) is 12.3. The second-order valence-electron chi connectivity index (χ2n) is 12.3. The van der Waals surface area contributed by atoms with E-state index in [9.17, 15) is 19.5 Å². The summed E-state index contributed by atoms with van der Waals surface area (Å²) >= 11 is 0. The van der Waals surface area contributed by atoms with Crippen molar-refractivity contribution in [2.75, 3.05) is 6.54 Å². The van der Waals surface area contributed by atoms with Crippen LogP contribution in [0.15, 0.2) is 97.1 Å². The number of fused-ring (bicyclic) bond motifs is 1. The van der Waals surface area contributed by atoms with E-state index in [1.54, 1.807) is 17.0 Å². The Morgan fingerprint density at radius 2 is 1.64 bits per heavy atom. The van der Waals surface area contributed by atoms with Crippen molar-refractivity contribution >= 4 is 28.9 Å². The van der Waals surface area contributed by atoms with Crippen LogP contribution in [0, 0.1) is 13.8 Å². The SMILES string of the molecule is Cc1c(C)n(Cc2ccc(-c3ccccc3C(=O)O)cc2)c2ccc(C(=O)N[C@@H](C)[C@H]3CCCN3C(=O)OCc3ccccc3)cc12. The highest BCUT2D eigenvalue weighted by Gasteiger charge is 2.34. The number of carboxylic acids is 1. The normalized spacial score (nSPS) is 15.0. The van der Waals surface area contributed by atoms with E-state index in [-0.39, 0.29) is 36.3 Å².